The third kappa shape index (κ3) is 8.63. The molecule has 9 nitrogen and oxygen atoms in total. The molecule has 1 atom stereocenters. The van der Waals surface area contributed by atoms with Gasteiger partial charge in [-0.25, -0.2) is 18.7 Å². The minimum atomic E-state index is -0.613. The van der Waals surface area contributed by atoms with E-state index in [1.54, 1.807) is 38.6 Å². The van der Waals surface area contributed by atoms with Gasteiger partial charge in [0.1, 0.15) is 5.82 Å². The van der Waals surface area contributed by atoms with Crippen molar-refractivity contribution in [3.63, 3.8) is 0 Å². The molecule has 0 bridgehead atoms. The number of hydrogen-bond acceptors (Lipinski definition) is 9. The first-order valence-corrected chi connectivity index (χ1v) is 15.4. The average molecular weight is 654 g/mol. The van der Waals surface area contributed by atoms with Crippen LogP contribution in [0.3, 0.4) is 0 Å². The van der Waals surface area contributed by atoms with Gasteiger partial charge in [0.05, 0.1) is 29.5 Å². The number of nitrogens with one attached hydrogen (secondary N) is 2. The Labute approximate surface area is 272 Å². The molecule has 244 valence electrons. The van der Waals surface area contributed by atoms with Crippen molar-refractivity contribution in [2.24, 2.45) is 0 Å². The number of carbonyl (C=O) groups excluding carboxylic acids is 2. The number of halogens is 3. The number of anilines is 2. The van der Waals surface area contributed by atoms with Crippen LogP contribution in [0.15, 0.2) is 48.7 Å². The first-order valence-electron chi connectivity index (χ1n) is 15.1. The molecule has 1 aromatic heterocycles. The maximum atomic E-state index is 14.7. The van der Waals surface area contributed by atoms with E-state index in [-0.39, 0.29) is 23.5 Å². The molecular formula is C34H38ClF2N5O4. The van der Waals surface area contributed by atoms with Crippen LogP contribution in [0.4, 0.5) is 20.4 Å². The number of aliphatic hydroxyl groups excluding tert-OH is 1. The smallest absolute Gasteiger partial charge is 0.373 e. The first kappa shape index (κ1) is 34.9. The number of benzene rings is 3. The Kier molecular flexibility index (Phi) is 12.5. The van der Waals surface area contributed by atoms with Crippen LogP contribution in [-0.4, -0.2) is 72.6 Å². The van der Waals surface area contributed by atoms with E-state index in [1.165, 1.54) is 23.3 Å². The van der Waals surface area contributed by atoms with Crippen LogP contribution in [0.2, 0.25) is 5.02 Å². The van der Waals surface area contributed by atoms with Gasteiger partial charge >= 0.3 is 6.15 Å². The zero-order valence-electron chi connectivity index (χ0n) is 26.1. The molecule has 4 aromatic rings. The van der Waals surface area contributed by atoms with E-state index in [1.807, 2.05) is 19.1 Å². The molecule has 1 aliphatic heterocycles. The maximum Gasteiger partial charge on any atom is 0.373 e. The van der Waals surface area contributed by atoms with Crippen molar-refractivity contribution >= 4 is 40.3 Å². The summed E-state index contributed by atoms with van der Waals surface area (Å²) in [6, 6.07) is 12.0. The predicted octanol–water partition coefficient (Wildman–Crippen LogP) is 6.18. The van der Waals surface area contributed by atoms with E-state index in [4.69, 9.17) is 25.9 Å². The fourth-order valence-corrected chi connectivity index (χ4v) is 6.13. The normalized spacial score (nSPS) is 16.0. The minimum Gasteiger partial charge on any atom is -0.388 e. The molecule has 1 unspecified atom stereocenters. The molecule has 46 heavy (non-hydrogen) atoms. The van der Waals surface area contributed by atoms with Gasteiger partial charge in [-0.05, 0) is 91.3 Å². The lowest BCUT2D eigenvalue weighted by Gasteiger charge is -2.32. The Morgan fingerprint density at radius 3 is 2.54 bits per heavy atom. The quantitative estimate of drug-likeness (QED) is 0.215. The first-order chi connectivity index (χ1) is 22.2. The largest absolute Gasteiger partial charge is 0.388 e. The van der Waals surface area contributed by atoms with Crippen molar-refractivity contribution in [3.8, 4) is 11.1 Å². The Bertz CT molecular complexity index is 1680. The van der Waals surface area contributed by atoms with E-state index >= 15 is 0 Å². The van der Waals surface area contributed by atoms with Gasteiger partial charge in [0.15, 0.2) is 5.82 Å². The zero-order chi connectivity index (χ0) is 33.2. The van der Waals surface area contributed by atoms with Crippen LogP contribution in [0.5, 0.6) is 0 Å². The topological polar surface area (TPSA) is 117 Å². The highest BCUT2D eigenvalue weighted by atomic mass is 35.5. The van der Waals surface area contributed by atoms with E-state index in [0.29, 0.717) is 17.6 Å². The van der Waals surface area contributed by atoms with Crippen molar-refractivity contribution in [1.29, 1.82) is 0 Å². The van der Waals surface area contributed by atoms with Crippen LogP contribution < -0.4 is 10.6 Å². The van der Waals surface area contributed by atoms with Crippen LogP contribution >= 0.6 is 11.6 Å². The number of piperidine rings is 1. The summed E-state index contributed by atoms with van der Waals surface area (Å²) in [6.45, 7) is 5.78. The van der Waals surface area contributed by atoms with Crippen LogP contribution in [0.1, 0.15) is 42.1 Å². The van der Waals surface area contributed by atoms with E-state index < -0.39 is 11.6 Å². The number of rotatable bonds is 7. The summed E-state index contributed by atoms with van der Waals surface area (Å²) in [4.78, 5) is 27.7. The lowest BCUT2D eigenvalue weighted by molar-refractivity contribution is -0.191. The highest BCUT2D eigenvalue weighted by Crippen LogP contribution is 2.35. The van der Waals surface area contributed by atoms with Crippen molar-refractivity contribution in [2.75, 3.05) is 51.0 Å². The second-order valence-corrected chi connectivity index (χ2v) is 11.6. The summed E-state index contributed by atoms with van der Waals surface area (Å²) in [5, 5.41) is 17.2. The van der Waals surface area contributed by atoms with Gasteiger partial charge < -0.3 is 25.4 Å². The lowest BCUT2D eigenvalue weighted by atomic mass is 10.0. The van der Waals surface area contributed by atoms with E-state index in [2.05, 4.69) is 25.5 Å². The van der Waals surface area contributed by atoms with Gasteiger partial charge in [-0.15, -0.1) is 0 Å². The Morgan fingerprint density at radius 2 is 1.85 bits per heavy atom. The number of fused-ring (bicyclic) bond motifs is 2. The van der Waals surface area contributed by atoms with Crippen LogP contribution in [0, 0.1) is 18.6 Å². The Morgan fingerprint density at radius 1 is 1.11 bits per heavy atom. The lowest BCUT2D eigenvalue weighted by Crippen LogP contribution is -2.40. The zero-order valence-corrected chi connectivity index (χ0v) is 26.8. The molecule has 0 amide bonds. The monoisotopic (exact) mass is 653 g/mol. The summed E-state index contributed by atoms with van der Waals surface area (Å²) in [5.74, 6) is -0.644. The van der Waals surface area contributed by atoms with Gasteiger partial charge in [0.2, 0.25) is 5.95 Å². The summed E-state index contributed by atoms with van der Waals surface area (Å²) in [5.41, 5.74) is 4.88. The van der Waals surface area contributed by atoms with Gasteiger partial charge in [-0.1, -0.05) is 17.7 Å². The predicted molar refractivity (Wildman–Crippen MR) is 174 cm³/mol. The molecule has 2 aliphatic rings. The highest BCUT2D eigenvalue weighted by Gasteiger charge is 2.22. The van der Waals surface area contributed by atoms with Crippen molar-refractivity contribution in [1.82, 2.24) is 14.9 Å². The summed E-state index contributed by atoms with van der Waals surface area (Å²) in [7, 11) is 3.33. The van der Waals surface area contributed by atoms with E-state index in [0.717, 1.165) is 73.4 Å². The standard InChI is InChI=1S/C23H27F2N5O.C10H11ClO.CO2/c1-26-20-6-4-18(24)21(22(20)25)15-3-5-19-16(13-15)14-27-23(29-19)28-17-7-9-30(10-8-17)11-12-31-2;1-6-4-7(11)5-9-8(6)2-3-10(9)12;2-1-3/h3-6,13-14,17,26H,7-12H2,1-2H3,(H,27,28,29);4-5,10,12H,2-3H2,1H3;. The SMILES string of the molecule is CNc1ccc(F)c(-c2ccc3nc(NC4CCN(CCOC)CC4)ncc3c2)c1F.Cc1cc(Cl)cc2c1CCC2O.O=C=O. The third-order valence-electron chi connectivity index (χ3n) is 8.26. The van der Waals surface area contributed by atoms with Gasteiger partial charge in [-0.2, -0.15) is 9.59 Å². The molecule has 1 aliphatic carbocycles. The van der Waals surface area contributed by atoms with Crippen LogP contribution in [0.25, 0.3) is 22.0 Å². The highest BCUT2D eigenvalue weighted by molar-refractivity contribution is 6.30. The Hall–Kier alpha value is -3.99. The summed E-state index contributed by atoms with van der Waals surface area (Å²) < 4.78 is 34.2. The number of nitrogens with zero attached hydrogens (tertiary/aromatic N) is 3. The van der Waals surface area contributed by atoms with Crippen molar-refractivity contribution in [3.05, 3.63) is 82.0 Å². The number of aryl methyl sites for hydroxylation is 1. The van der Waals surface area contributed by atoms with Crippen LogP contribution in [-0.2, 0) is 20.7 Å². The maximum absolute atomic E-state index is 14.7. The summed E-state index contributed by atoms with van der Waals surface area (Å²) >= 11 is 5.88. The molecule has 3 aromatic carbocycles. The second kappa shape index (κ2) is 16.5. The molecule has 12 heteroatoms. The molecule has 1 saturated heterocycles. The number of likely N-dealkylation sites (tertiary alicyclic amines) is 1. The minimum absolute atomic E-state index is 0.0591. The van der Waals surface area contributed by atoms with Gasteiger partial charge in [0.25, 0.3) is 0 Å². The number of aliphatic hydroxyl groups is 1. The molecule has 3 N–H and O–H groups in total. The molecule has 0 radical (unpaired) electrons. The number of ether oxygens (including phenoxy) is 1. The molecular weight excluding hydrogens is 616 g/mol. The molecule has 0 spiro atoms. The number of aromatic nitrogens is 2. The van der Waals surface area contributed by atoms with Gasteiger partial charge in [-0.3, -0.25) is 0 Å². The fourth-order valence-electron chi connectivity index (χ4n) is 5.85. The average Bonchev–Trinajstić information content (AvgIpc) is 3.42. The molecule has 1 fully saturated rings. The molecule has 2 heterocycles. The summed E-state index contributed by atoms with van der Waals surface area (Å²) in [6.07, 6.45) is 5.52. The molecule has 6 rings (SSSR count). The third-order valence-corrected chi connectivity index (χ3v) is 8.48. The van der Waals surface area contributed by atoms with Crippen molar-refractivity contribution in [2.45, 2.75) is 44.8 Å². The number of hydrogen-bond donors (Lipinski definition) is 3. The number of methoxy groups -OCH3 is 1. The Balaban J connectivity index is 0.000000264. The van der Waals surface area contributed by atoms with Crippen molar-refractivity contribution < 1.29 is 28.2 Å². The second-order valence-electron chi connectivity index (χ2n) is 11.2. The molecule has 0 saturated carbocycles. The van der Waals surface area contributed by atoms with E-state index in [9.17, 15) is 13.9 Å². The fraction of sp³-hybridized carbons (Fsp3) is 0.382. The van der Waals surface area contributed by atoms with Gasteiger partial charge in [0, 0.05) is 56.4 Å².